The Balaban J connectivity index is 1.65. The van der Waals surface area contributed by atoms with Gasteiger partial charge in [0.15, 0.2) is 5.96 Å². The Bertz CT molecular complexity index is 1180. The highest BCUT2D eigenvalue weighted by Gasteiger charge is 2.33. The van der Waals surface area contributed by atoms with Crippen molar-refractivity contribution < 1.29 is 19.1 Å². The molecule has 0 saturated carbocycles. The molecule has 31 heavy (non-hydrogen) atoms. The van der Waals surface area contributed by atoms with E-state index in [9.17, 15) is 23.9 Å². The molecule has 1 amide bonds. The van der Waals surface area contributed by atoms with Crippen LogP contribution in [0.4, 0.5) is 10.1 Å². The zero-order valence-corrected chi connectivity index (χ0v) is 17.5. The number of anilines is 1. The molecule has 1 atom stereocenters. The highest BCUT2D eigenvalue weighted by Crippen LogP contribution is 2.46. The molecular weight excluding hydrogens is 427 g/mol. The number of carbonyl (C=O) groups excluding carboxylic acids is 1. The Morgan fingerprint density at radius 2 is 1.94 bits per heavy atom. The maximum Gasteiger partial charge on any atom is 0.342 e. The van der Waals surface area contributed by atoms with Gasteiger partial charge in [0.25, 0.3) is 0 Å². The van der Waals surface area contributed by atoms with Crippen molar-refractivity contribution >= 4 is 46.2 Å². The van der Waals surface area contributed by atoms with Crippen LogP contribution in [0.1, 0.15) is 22.7 Å². The largest absolute Gasteiger partial charge is 0.477 e. The van der Waals surface area contributed by atoms with Crippen molar-refractivity contribution in [2.45, 2.75) is 17.3 Å². The average Bonchev–Trinajstić information content (AvgIpc) is 2.71. The first-order chi connectivity index (χ1) is 14.7. The summed E-state index contributed by atoms with van der Waals surface area (Å²) in [5.74, 6) is -2.30. The first-order valence-electron chi connectivity index (χ1n) is 9.59. The number of amides is 1. The summed E-state index contributed by atoms with van der Waals surface area (Å²) in [6, 6.07) is 2.70. The van der Waals surface area contributed by atoms with Gasteiger partial charge in [0.05, 0.1) is 21.6 Å². The molecule has 3 heterocycles. The number of aromatic carboxylic acids is 1. The van der Waals surface area contributed by atoms with Gasteiger partial charge in [-0.25, -0.2) is 14.2 Å². The number of rotatable bonds is 4. The summed E-state index contributed by atoms with van der Waals surface area (Å²) in [6.07, 6.45) is 0. The number of halogens is 1. The van der Waals surface area contributed by atoms with Crippen LogP contribution in [-0.4, -0.2) is 65.1 Å². The van der Waals surface area contributed by atoms with Gasteiger partial charge >= 0.3 is 5.97 Å². The van der Waals surface area contributed by atoms with Gasteiger partial charge < -0.3 is 30.9 Å². The van der Waals surface area contributed by atoms with Crippen molar-refractivity contribution in [1.82, 2.24) is 9.47 Å². The summed E-state index contributed by atoms with van der Waals surface area (Å²) in [4.78, 5) is 43.5. The maximum atomic E-state index is 15.0. The number of nitrogens with zero attached hydrogens (tertiary/aromatic N) is 4. The summed E-state index contributed by atoms with van der Waals surface area (Å²) >= 11 is 1.30. The molecule has 2 aliphatic heterocycles. The number of carboxylic acids is 1. The van der Waals surface area contributed by atoms with E-state index < -0.39 is 17.2 Å². The number of aromatic nitrogens is 1. The monoisotopic (exact) mass is 448 g/mol. The Morgan fingerprint density at radius 3 is 2.52 bits per heavy atom. The maximum absolute atomic E-state index is 15.0. The fourth-order valence-electron chi connectivity index (χ4n) is 3.92. The lowest BCUT2D eigenvalue weighted by atomic mass is 10.1. The number of fused-ring (bicyclic) bond motifs is 3. The third-order valence-corrected chi connectivity index (χ3v) is 6.63. The number of carboxylic acid groups (broad SMARTS) is 1. The third kappa shape index (κ3) is 3.56. The predicted molar refractivity (Wildman–Crippen MR) is 115 cm³/mol. The molecule has 1 unspecified atom stereocenters. The molecule has 0 bridgehead atoms. The van der Waals surface area contributed by atoms with Gasteiger partial charge in [0.1, 0.15) is 17.9 Å². The molecule has 1 saturated heterocycles. The van der Waals surface area contributed by atoms with Crippen LogP contribution in [-0.2, 0) is 4.79 Å². The number of benzene rings is 1. The van der Waals surface area contributed by atoms with Crippen molar-refractivity contribution in [1.29, 1.82) is 0 Å². The van der Waals surface area contributed by atoms with Crippen LogP contribution in [0, 0.1) is 5.82 Å². The first kappa shape index (κ1) is 21.0. The van der Waals surface area contributed by atoms with E-state index in [0.29, 0.717) is 42.4 Å². The van der Waals surface area contributed by atoms with Crippen molar-refractivity contribution in [3.63, 3.8) is 0 Å². The molecule has 1 aromatic heterocycles. The minimum atomic E-state index is -1.32. The van der Waals surface area contributed by atoms with E-state index in [1.807, 2.05) is 6.92 Å². The Labute approximate surface area is 180 Å². The molecule has 4 rings (SSSR count). The van der Waals surface area contributed by atoms with Gasteiger partial charge in [-0.05, 0) is 19.1 Å². The fourth-order valence-corrected chi connectivity index (χ4v) is 5.08. The Morgan fingerprint density at radius 1 is 1.26 bits per heavy atom. The second kappa shape index (κ2) is 7.76. The number of carbonyl (C=O) groups is 2. The van der Waals surface area contributed by atoms with Gasteiger partial charge in [0.2, 0.25) is 11.3 Å². The molecule has 10 nitrogen and oxygen atoms in total. The molecule has 5 N–H and O–H groups in total. The van der Waals surface area contributed by atoms with Crippen molar-refractivity contribution in [2.75, 3.05) is 37.6 Å². The normalized spacial score (nSPS) is 17.8. The SMILES string of the molecule is CC1Sc2c(C(=O)O)c(=O)c3cc(F)c(N4CCN(C(=O)CN=C(N)N)CC4)cc3n21. The number of pyridine rings is 1. The van der Waals surface area contributed by atoms with E-state index in [1.165, 1.54) is 11.8 Å². The van der Waals surface area contributed by atoms with Crippen LogP contribution in [0.2, 0.25) is 0 Å². The van der Waals surface area contributed by atoms with E-state index in [4.69, 9.17) is 11.5 Å². The van der Waals surface area contributed by atoms with E-state index in [-0.39, 0.29) is 34.7 Å². The van der Waals surface area contributed by atoms with Crippen LogP contribution in [0.15, 0.2) is 26.9 Å². The number of thioether (sulfide) groups is 1. The number of piperazine rings is 1. The van der Waals surface area contributed by atoms with Gasteiger partial charge in [-0.3, -0.25) is 9.59 Å². The number of hydrogen-bond acceptors (Lipinski definition) is 6. The van der Waals surface area contributed by atoms with Gasteiger partial charge in [-0.15, -0.1) is 0 Å². The molecular formula is C19H21FN6O4S. The lowest BCUT2D eigenvalue weighted by molar-refractivity contribution is -0.129. The second-order valence-corrected chi connectivity index (χ2v) is 8.64. The molecule has 12 heteroatoms. The predicted octanol–water partition coefficient (Wildman–Crippen LogP) is 0.385. The second-order valence-electron chi connectivity index (χ2n) is 7.33. The van der Waals surface area contributed by atoms with Crippen LogP contribution in [0.3, 0.4) is 0 Å². The van der Waals surface area contributed by atoms with Crippen molar-refractivity contribution in [2.24, 2.45) is 16.5 Å². The molecule has 164 valence electrons. The van der Waals surface area contributed by atoms with E-state index in [2.05, 4.69) is 4.99 Å². The van der Waals surface area contributed by atoms with Crippen molar-refractivity contribution in [3.8, 4) is 0 Å². The van der Waals surface area contributed by atoms with Gasteiger partial charge in [-0.2, -0.15) is 0 Å². The third-order valence-electron chi connectivity index (χ3n) is 5.46. The summed E-state index contributed by atoms with van der Waals surface area (Å²) < 4.78 is 16.7. The van der Waals surface area contributed by atoms with Crippen molar-refractivity contribution in [3.05, 3.63) is 33.7 Å². The van der Waals surface area contributed by atoms with Crippen LogP contribution in [0.5, 0.6) is 0 Å². The highest BCUT2D eigenvalue weighted by molar-refractivity contribution is 8.00. The molecule has 2 aliphatic rings. The molecule has 1 aromatic carbocycles. The zero-order valence-electron chi connectivity index (χ0n) is 16.7. The molecule has 0 aliphatic carbocycles. The molecule has 0 spiro atoms. The number of guanidine groups is 1. The zero-order chi connectivity index (χ0) is 22.4. The summed E-state index contributed by atoms with van der Waals surface area (Å²) in [5.41, 5.74) is 10.3. The summed E-state index contributed by atoms with van der Waals surface area (Å²) in [7, 11) is 0. The highest BCUT2D eigenvalue weighted by atomic mass is 32.2. The Kier molecular flexibility index (Phi) is 5.25. The average molecular weight is 448 g/mol. The van der Waals surface area contributed by atoms with E-state index >= 15 is 0 Å². The van der Waals surface area contributed by atoms with E-state index in [1.54, 1.807) is 20.4 Å². The Hall–Kier alpha value is -3.28. The van der Waals surface area contributed by atoms with Gasteiger partial charge in [0, 0.05) is 31.6 Å². The number of nitrogens with two attached hydrogens (primary N) is 2. The standard InChI is InChI=1S/C19H21FN6O4S/c1-9-26-12-7-13(24-2-4-25(5-3-24)14(27)8-23-19(21)22)11(20)6-10(12)16(28)15(18(29)30)17(26)31-9/h6-7,9H,2-5,8H2,1H3,(H,29,30)(H4,21,22,23). The topological polar surface area (TPSA) is 147 Å². The van der Waals surface area contributed by atoms with Gasteiger partial charge in [-0.1, -0.05) is 11.8 Å². The summed E-state index contributed by atoms with van der Waals surface area (Å²) in [6.45, 7) is 3.28. The molecule has 0 radical (unpaired) electrons. The molecule has 1 fully saturated rings. The summed E-state index contributed by atoms with van der Waals surface area (Å²) in [5, 5.41) is 9.79. The fraction of sp³-hybridized carbons (Fsp3) is 0.368. The van der Waals surface area contributed by atoms with E-state index in [0.717, 1.165) is 6.07 Å². The van der Waals surface area contributed by atoms with Crippen LogP contribution >= 0.6 is 11.8 Å². The quantitative estimate of drug-likeness (QED) is 0.449. The lowest BCUT2D eigenvalue weighted by Gasteiger charge is -2.37. The van der Waals surface area contributed by atoms with Crippen LogP contribution in [0.25, 0.3) is 10.9 Å². The lowest BCUT2D eigenvalue weighted by Crippen LogP contribution is -2.49. The van der Waals surface area contributed by atoms with Crippen LogP contribution < -0.4 is 21.8 Å². The number of hydrogen-bond donors (Lipinski definition) is 3. The first-order valence-corrected chi connectivity index (χ1v) is 10.5. The number of aliphatic imine (C=N–C) groups is 1. The minimum Gasteiger partial charge on any atom is -0.477 e. The minimum absolute atomic E-state index is 0.0422. The smallest absolute Gasteiger partial charge is 0.342 e. The molecule has 2 aromatic rings.